The van der Waals surface area contributed by atoms with Gasteiger partial charge in [-0.1, -0.05) is 0 Å². The zero-order valence-corrected chi connectivity index (χ0v) is 14.3. The molecule has 0 saturated carbocycles. The van der Waals surface area contributed by atoms with Crippen molar-refractivity contribution in [1.29, 1.82) is 5.26 Å². The third kappa shape index (κ3) is 3.76. The topological polar surface area (TPSA) is 76.4 Å². The fourth-order valence-electron chi connectivity index (χ4n) is 2.20. The SMILES string of the molecule is COc1ccc(Oc2c(C)cc(C#N)cc2C)cc1S(=O)(=O)Cl. The van der Waals surface area contributed by atoms with E-state index in [2.05, 4.69) is 6.07 Å². The van der Waals surface area contributed by atoms with Crippen LogP contribution in [0, 0.1) is 25.2 Å². The van der Waals surface area contributed by atoms with Crippen LogP contribution in [0.2, 0.25) is 0 Å². The van der Waals surface area contributed by atoms with Crippen molar-refractivity contribution in [2.75, 3.05) is 7.11 Å². The molecule has 0 atom stereocenters. The summed E-state index contributed by atoms with van der Waals surface area (Å²) in [5, 5.41) is 8.96. The van der Waals surface area contributed by atoms with Gasteiger partial charge in [0.2, 0.25) is 0 Å². The van der Waals surface area contributed by atoms with Crippen LogP contribution in [0.4, 0.5) is 0 Å². The van der Waals surface area contributed by atoms with Gasteiger partial charge in [0.15, 0.2) is 0 Å². The highest BCUT2D eigenvalue weighted by molar-refractivity contribution is 8.13. The van der Waals surface area contributed by atoms with Gasteiger partial charge in [-0.25, -0.2) is 8.42 Å². The second kappa shape index (κ2) is 6.49. The summed E-state index contributed by atoms with van der Waals surface area (Å²) >= 11 is 0. The number of nitriles is 1. The molecule has 2 rings (SSSR count). The predicted octanol–water partition coefficient (Wildman–Crippen LogP) is 3.90. The van der Waals surface area contributed by atoms with E-state index >= 15 is 0 Å². The van der Waals surface area contributed by atoms with E-state index in [1.165, 1.54) is 19.2 Å². The Bertz CT molecular complexity index is 878. The molecular formula is C16H14ClNO4S. The minimum Gasteiger partial charge on any atom is -0.495 e. The van der Waals surface area contributed by atoms with Crippen LogP contribution in [0.5, 0.6) is 17.2 Å². The molecule has 5 nitrogen and oxygen atoms in total. The second-order valence-electron chi connectivity index (χ2n) is 4.90. The average Bonchev–Trinajstić information content (AvgIpc) is 2.49. The van der Waals surface area contributed by atoms with Crippen LogP contribution in [0.15, 0.2) is 35.2 Å². The summed E-state index contributed by atoms with van der Waals surface area (Å²) in [6.07, 6.45) is 0. The number of benzene rings is 2. The van der Waals surface area contributed by atoms with Crippen molar-refractivity contribution in [1.82, 2.24) is 0 Å². The normalized spacial score (nSPS) is 10.9. The van der Waals surface area contributed by atoms with Crippen LogP contribution in [0.3, 0.4) is 0 Å². The number of rotatable bonds is 4. The molecule has 2 aromatic rings. The maximum atomic E-state index is 11.6. The van der Waals surface area contributed by atoms with Crippen LogP contribution in [-0.2, 0) is 9.05 Å². The van der Waals surface area contributed by atoms with Crippen molar-refractivity contribution >= 4 is 19.7 Å². The van der Waals surface area contributed by atoms with Gasteiger partial charge in [0.1, 0.15) is 22.1 Å². The first-order valence-corrected chi connectivity index (χ1v) is 8.89. The molecule has 0 aliphatic rings. The molecule has 0 N–H and O–H groups in total. The van der Waals surface area contributed by atoms with Crippen LogP contribution >= 0.6 is 10.7 Å². The van der Waals surface area contributed by atoms with Crippen molar-refractivity contribution < 1.29 is 17.9 Å². The first-order valence-electron chi connectivity index (χ1n) is 6.58. The van der Waals surface area contributed by atoms with Gasteiger partial charge in [-0.15, -0.1) is 0 Å². The summed E-state index contributed by atoms with van der Waals surface area (Å²) in [5.74, 6) is 1.01. The maximum Gasteiger partial charge on any atom is 0.265 e. The molecule has 0 aliphatic carbocycles. The lowest BCUT2D eigenvalue weighted by molar-refractivity contribution is 0.400. The molecule has 0 fully saturated rings. The molecule has 2 aromatic carbocycles. The third-order valence-electron chi connectivity index (χ3n) is 3.21. The molecule has 0 unspecified atom stereocenters. The van der Waals surface area contributed by atoms with E-state index in [1.807, 2.05) is 13.8 Å². The van der Waals surface area contributed by atoms with E-state index in [-0.39, 0.29) is 10.6 Å². The Kier molecular flexibility index (Phi) is 4.83. The number of hydrogen-bond donors (Lipinski definition) is 0. The fourth-order valence-corrected chi connectivity index (χ4v) is 3.22. The molecule has 7 heteroatoms. The molecule has 120 valence electrons. The van der Waals surface area contributed by atoms with Gasteiger partial charge in [-0.2, -0.15) is 5.26 Å². The number of nitrogens with zero attached hydrogens (tertiary/aromatic N) is 1. The quantitative estimate of drug-likeness (QED) is 0.780. The van der Waals surface area contributed by atoms with Gasteiger partial charge in [-0.05, 0) is 49.2 Å². The van der Waals surface area contributed by atoms with Crippen LogP contribution in [0.1, 0.15) is 16.7 Å². The largest absolute Gasteiger partial charge is 0.495 e. The van der Waals surface area contributed by atoms with E-state index in [1.54, 1.807) is 18.2 Å². The molecular weight excluding hydrogens is 338 g/mol. The van der Waals surface area contributed by atoms with E-state index in [0.717, 1.165) is 11.1 Å². The summed E-state index contributed by atoms with van der Waals surface area (Å²) in [4.78, 5) is -0.164. The van der Waals surface area contributed by atoms with E-state index in [9.17, 15) is 8.42 Å². The summed E-state index contributed by atoms with van der Waals surface area (Å²) in [7, 11) is 2.81. The zero-order chi connectivity index (χ0) is 17.2. The lowest BCUT2D eigenvalue weighted by atomic mass is 10.1. The monoisotopic (exact) mass is 351 g/mol. The van der Waals surface area contributed by atoms with Crippen molar-refractivity contribution in [3.05, 3.63) is 47.0 Å². The summed E-state index contributed by atoms with van der Waals surface area (Å²) in [5.41, 5.74) is 2.08. The Hall–Kier alpha value is -2.23. The minimum atomic E-state index is -3.97. The Balaban J connectivity index is 2.48. The average molecular weight is 352 g/mol. The molecule has 0 aromatic heterocycles. The maximum absolute atomic E-state index is 11.6. The summed E-state index contributed by atoms with van der Waals surface area (Å²) in [6, 6.07) is 9.83. The molecule has 0 aliphatic heterocycles. The predicted molar refractivity (Wildman–Crippen MR) is 86.7 cm³/mol. The number of methoxy groups -OCH3 is 1. The zero-order valence-electron chi connectivity index (χ0n) is 12.8. The number of ether oxygens (including phenoxy) is 2. The van der Waals surface area contributed by atoms with Crippen molar-refractivity contribution in [2.45, 2.75) is 18.7 Å². The van der Waals surface area contributed by atoms with Gasteiger partial charge in [-0.3, -0.25) is 0 Å². The molecule has 0 amide bonds. The fraction of sp³-hybridized carbons (Fsp3) is 0.188. The number of hydrogen-bond acceptors (Lipinski definition) is 5. The Morgan fingerprint density at radius 2 is 1.74 bits per heavy atom. The molecule has 0 bridgehead atoms. The van der Waals surface area contributed by atoms with Crippen LogP contribution in [0.25, 0.3) is 0 Å². The smallest absolute Gasteiger partial charge is 0.265 e. The van der Waals surface area contributed by atoms with Gasteiger partial charge in [0.05, 0.1) is 18.7 Å². The van der Waals surface area contributed by atoms with Gasteiger partial charge >= 0.3 is 0 Å². The summed E-state index contributed by atoms with van der Waals surface area (Å²) in [6.45, 7) is 3.62. The lowest BCUT2D eigenvalue weighted by Crippen LogP contribution is -1.98. The first-order chi connectivity index (χ1) is 10.8. The molecule has 23 heavy (non-hydrogen) atoms. The van der Waals surface area contributed by atoms with E-state index in [0.29, 0.717) is 17.1 Å². The number of aryl methyl sites for hydroxylation is 2. The molecule has 0 heterocycles. The van der Waals surface area contributed by atoms with Crippen molar-refractivity contribution in [3.63, 3.8) is 0 Å². The minimum absolute atomic E-state index is 0.139. The van der Waals surface area contributed by atoms with Crippen LogP contribution < -0.4 is 9.47 Å². The van der Waals surface area contributed by atoms with Crippen LogP contribution in [-0.4, -0.2) is 15.5 Å². The third-order valence-corrected chi connectivity index (χ3v) is 4.55. The second-order valence-corrected chi connectivity index (χ2v) is 7.44. The Morgan fingerprint density at radius 3 is 2.22 bits per heavy atom. The number of halogens is 1. The lowest BCUT2D eigenvalue weighted by Gasteiger charge is -2.14. The first kappa shape index (κ1) is 17.1. The van der Waals surface area contributed by atoms with Gasteiger partial charge in [0.25, 0.3) is 9.05 Å². The highest BCUT2D eigenvalue weighted by atomic mass is 35.7. The Labute approximate surface area is 139 Å². The van der Waals surface area contributed by atoms with Crippen molar-refractivity contribution in [3.8, 4) is 23.3 Å². The van der Waals surface area contributed by atoms with E-state index in [4.69, 9.17) is 25.4 Å². The highest BCUT2D eigenvalue weighted by Gasteiger charge is 2.18. The molecule has 0 saturated heterocycles. The Morgan fingerprint density at radius 1 is 1.13 bits per heavy atom. The van der Waals surface area contributed by atoms with Gasteiger partial charge in [0, 0.05) is 16.7 Å². The molecule has 0 radical (unpaired) electrons. The summed E-state index contributed by atoms with van der Waals surface area (Å²) < 4.78 is 34.0. The standard InChI is InChI=1S/C16H14ClNO4S/c1-10-6-12(9-18)7-11(2)16(10)22-13-4-5-14(21-3)15(8-13)23(17,19)20/h4-8H,1-3H3. The van der Waals surface area contributed by atoms with E-state index < -0.39 is 9.05 Å². The van der Waals surface area contributed by atoms with Crippen molar-refractivity contribution in [2.24, 2.45) is 0 Å². The molecule has 0 spiro atoms. The van der Waals surface area contributed by atoms with Gasteiger partial charge < -0.3 is 9.47 Å². The highest BCUT2D eigenvalue weighted by Crippen LogP contribution is 2.35.